The molecule has 0 aliphatic heterocycles. The number of benzene rings is 1. The number of nitrogens with one attached hydrogen (secondary N) is 1. The fraction of sp³-hybridized carbons (Fsp3) is 0.364. The van der Waals surface area contributed by atoms with Gasteiger partial charge in [0.05, 0.1) is 13.5 Å². The maximum Gasteiger partial charge on any atom is 0.238 e. The molecule has 0 atom stereocenters. The van der Waals surface area contributed by atoms with Gasteiger partial charge in [-0.3, -0.25) is 10.2 Å². The van der Waals surface area contributed by atoms with Crippen molar-refractivity contribution >= 4 is 17.5 Å². The topological polar surface area (TPSA) is 41.6 Å². The number of carbonyl (C=O) groups is 1. The Balaban J connectivity index is 2.79. The third-order valence-electron chi connectivity index (χ3n) is 1.94. The SMILES string of the molecule is COc1ccc(Cl)cc1CC(=O)NN(C)C. The molecule has 1 N–H and O–H groups in total. The molecule has 1 rings (SSSR count). The smallest absolute Gasteiger partial charge is 0.238 e. The quantitative estimate of drug-likeness (QED) is 0.814. The zero-order chi connectivity index (χ0) is 12.1. The van der Waals surface area contributed by atoms with Crippen molar-refractivity contribution in [1.82, 2.24) is 10.4 Å². The number of halogens is 1. The van der Waals surface area contributed by atoms with Gasteiger partial charge in [-0.2, -0.15) is 0 Å². The fourth-order valence-corrected chi connectivity index (χ4v) is 1.54. The van der Waals surface area contributed by atoms with E-state index in [1.165, 1.54) is 0 Å². The summed E-state index contributed by atoms with van der Waals surface area (Å²) < 4.78 is 5.15. The van der Waals surface area contributed by atoms with E-state index in [0.717, 1.165) is 5.56 Å². The molecule has 0 saturated carbocycles. The van der Waals surface area contributed by atoms with Gasteiger partial charge in [-0.1, -0.05) is 11.6 Å². The summed E-state index contributed by atoms with van der Waals surface area (Å²) in [6, 6.07) is 5.21. The van der Waals surface area contributed by atoms with Gasteiger partial charge in [0.25, 0.3) is 0 Å². The molecule has 16 heavy (non-hydrogen) atoms. The molecule has 88 valence electrons. The highest BCUT2D eigenvalue weighted by Gasteiger charge is 2.09. The van der Waals surface area contributed by atoms with Crippen LogP contribution < -0.4 is 10.2 Å². The molecule has 0 spiro atoms. The van der Waals surface area contributed by atoms with E-state index in [9.17, 15) is 4.79 Å². The molecular weight excluding hydrogens is 228 g/mol. The Hall–Kier alpha value is -1.26. The first-order valence-electron chi connectivity index (χ1n) is 4.82. The number of hydrogen-bond acceptors (Lipinski definition) is 3. The average Bonchev–Trinajstić information content (AvgIpc) is 2.16. The van der Waals surface area contributed by atoms with Gasteiger partial charge in [0.1, 0.15) is 5.75 Å². The number of carbonyl (C=O) groups excluding carboxylic acids is 1. The van der Waals surface area contributed by atoms with Gasteiger partial charge in [-0.15, -0.1) is 0 Å². The Labute approximate surface area is 100 Å². The van der Waals surface area contributed by atoms with Crippen molar-refractivity contribution in [2.45, 2.75) is 6.42 Å². The largest absolute Gasteiger partial charge is 0.496 e. The Bertz CT molecular complexity index is 380. The van der Waals surface area contributed by atoms with Gasteiger partial charge in [-0.05, 0) is 18.2 Å². The molecule has 1 amide bonds. The molecule has 0 radical (unpaired) electrons. The van der Waals surface area contributed by atoms with Crippen molar-refractivity contribution < 1.29 is 9.53 Å². The number of nitrogens with zero attached hydrogens (tertiary/aromatic N) is 1. The first kappa shape index (κ1) is 12.8. The highest BCUT2D eigenvalue weighted by Crippen LogP contribution is 2.22. The molecule has 1 aromatic carbocycles. The van der Waals surface area contributed by atoms with Crippen LogP contribution in [0.15, 0.2) is 18.2 Å². The summed E-state index contributed by atoms with van der Waals surface area (Å²) in [5, 5.41) is 2.19. The number of rotatable bonds is 4. The maximum atomic E-state index is 11.6. The van der Waals surface area contributed by atoms with Gasteiger partial charge in [0.15, 0.2) is 0 Å². The molecule has 0 heterocycles. The number of ether oxygens (including phenoxy) is 1. The summed E-state index contributed by atoms with van der Waals surface area (Å²) in [4.78, 5) is 11.6. The first-order chi connectivity index (χ1) is 7.52. The number of amides is 1. The van der Waals surface area contributed by atoms with Gasteiger partial charge >= 0.3 is 0 Å². The molecule has 0 bridgehead atoms. The first-order valence-corrected chi connectivity index (χ1v) is 5.20. The van der Waals surface area contributed by atoms with Crippen molar-refractivity contribution in [3.05, 3.63) is 28.8 Å². The van der Waals surface area contributed by atoms with Crippen molar-refractivity contribution in [3.8, 4) is 5.75 Å². The lowest BCUT2D eigenvalue weighted by Crippen LogP contribution is -2.37. The minimum Gasteiger partial charge on any atom is -0.496 e. The summed E-state index contributed by atoms with van der Waals surface area (Å²) in [6.45, 7) is 0. The van der Waals surface area contributed by atoms with E-state index in [1.807, 2.05) is 0 Å². The van der Waals surface area contributed by atoms with Gasteiger partial charge < -0.3 is 4.74 Å². The second-order valence-electron chi connectivity index (χ2n) is 3.56. The molecular formula is C11H15ClN2O2. The van der Waals surface area contributed by atoms with E-state index in [1.54, 1.807) is 44.4 Å². The fourth-order valence-electron chi connectivity index (χ4n) is 1.35. The predicted octanol–water partition coefficient (Wildman–Crippen LogP) is 1.48. The van der Waals surface area contributed by atoms with Crippen LogP contribution in [-0.2, 0) is 11.2 Å². The van der Waals surface area contributed by atoms with E-state index in [0.29, 0.717) is 10.8 Å². The van der Waals surface area contributed by atoms with Crippen molar-refractivity contribution in [3.63, 3.8) is 0 Å². The van der Waals surface area contributed by atoms with Gasteiger partial charge in [0.2, 0.25) is 5.91 Å². The van der Waals surface area contributed by atoms with E-state index < -0.39 is 0 Å². The molecule has 0 unspecified atom stereocenters. The van der Waals surface area contributed by atoms with Crippen LogP contribution in [0.3, 0.4) is 0 Å². The van der Waals surface area contributed by atoms with Crippen molar-refractivity contribution in [2.24, 2.45) is 0 Å². The van der Waals surface area contributed by atoms with Crippen LogP contribution in [0.2, 0.25) is 5.02 Å². The molecule has 0 aliphatic rings. The summed E-state index contributed by atoms with van der Waals surface area (Å²) in [5.41, 5.74) is 3.43. The summed E-state index contributed by atoms with van der Waals surface area (Å²) >= 11 is 5.87. The summed E-state index contributed by atoms with van der Waals surface area (Å²) in [7, 11) is 5.08. The third kappa shape index (κ3) is 3.72. The molecule has 5 heteroatoms. The average molecular weight is 243 g/mol. The zero-order valence-corrected chi connectivity index (χ0v) is 10.3. The van der Waals surface area contributed by atoms with Crippen molar-refractivity contribution in [1.29, 1.82) is 0 Å². The Kier molecular flexibility index (Phi) is 4.58. The second kappa shape index (κ2) is 5.72. The molecule has 0 saturated heterocycles. The third-order valence-corrected chi connectivity index (χ3v) is 2.18. The molecule has 0 aromatic heterocycles. The Morgan fingerprint density at radius 2 is 2.19 bits per heavy atom. The van der Waals surface area contributed by atoms with E-state index in [4.69, 9.17) is 16.3 Å². The predicted molar refractivity (Wildman–Crippen MR) is 63.5 cm³/mol. The van der Waals surface area contributed by atoms with Crippen LogP contribution in [0, 0.1) is 0 Å². The zero-order valence-electron chi connectivity index (χ0n) is 9.58. The number of hydrazine groups is 1. The molecule has 1 aromatic rings. The number of methoxy groups -OCH3 is 1. The molecule has 0 fully saturated rings. The van der Waals surface area contributed by atoms with Crippen molar-refractivity contribution in [2.75, 3.05) is 21.2 Å². The lowest BCUT2D eigenvalue weighted by molar-refractivity contribution is -0.124. The Morgan fingerprint density at radius 3 is 2.75 bits per heavy atom. The Morgan fingerprint density at radius 1 is 1.50 bits per heavy atom. The van der Waals surface area contributed by atoms with Crippen LogP contribution in [0.1, 0.15) is 5.56 Å². The van der Waals surface area contributed by atoms with Crippen LogP contribution in [-0.4, -0.2) is 32.1 Å². The normalized spacial score (nSPS) is 10.3. The van der Waals surface area contributed by atoms with Crippen LogP contribution in [0.25, 0.3) is 0 Å². The monoisotopic (exact) mass is 242 g/mol. The van der Waals surface area contributed by atoms with Gasteiger partial charge in [0, 0.05) is 24.7 Å². The summed E-state index contributed by atoms with van der Waals surface area (Å²) in [6.07, 6.45) is 0.238. The molecule has 0 aliphatic carbocycles. The van der Waals surface area contributed by atoms with Gasteiger partial charge in [-0.25, -0.2) is 5.01 Å². The van der Waals surface area contributed by atoms with Crippen LogP contribution >= 0.6 is 11.6 Å². The lowest BCUT2D eigenvalue weighted by atomic mass is 10.1. The molecule has 4 nitrogen and oxygen atoms in total. The minimum absolute atomic E-state index is 0.106. The van der Waals surface area contributed by atoms with Crippen LogP contribution in [0.4, 0.5) is 0 Å². The summed E-state index contributed by atoms with van der Waals surface area (Å²) in [5.74, 6) is 0.559. The minimum atomic E-state index is -0.106. The highest BCUT2D eigenvalue weighted by atomic mass is 35.5. The maximum absolute atomic E-state index is 11.6. The van der Waals surface area contributed by atoms with Crippen LogP contribution in [0.5, 0.6) is 5.75 Å². The van der Waals surface area contributed by atoms with E-state index >= 15 is 0 Å². The van der Waals surface area contributed by atoms with E-state index in [-0.39, 0.29) is 12.3 Å². The highest BCUT2D eigenvalue weighted by molar-refractivity contribution is 6.30. The second-order valence-corrected chi connectivity index (χ2v) is 4.00. The lowest BCUT2D eigenvalue weighted by Gasteiger charge is -2.13. The number of hydrogen-bond donors (Lipinski definition) is 1. The standard InChI is InChI=1S/C11H15ClN2O2/c1-14(2)13-11(15)7-8-6-9(12)4-5-10(8)16-3/h4-6H,7H2,1-3H3,(H,13,15). The van der Waals surface area contributed by atoms with E-state index in [2.05, 4.69) is 5.43 Å².